The van der Waals surface area contributed by atoms with Crippen LogP contribution in [0.1, 0.15) is 35.6 Å². The van der Waals surface area contributed by atoms with Crippen LogP contribution in [0.25, 0.3) is 0 Å². The highest BCUT2D eigenvalue weighted by Gasteiger charge is 2.21. The van der Waals surface area contributed by atoms with Gasteiger partial charge in [-0.05, 0) is 55.8 Å². The van der Waals surface area contributed by atoms with Gasteiger partial charge >= 0.3 is 0 Å². The van der Waals surface area contributed by atoms with Gasteiger partial charge in [0.2, 0.25) is 0 Å². The van der Waals surface area contributed by atoms with Crippen LogP contribution in [0.4, 0.5) is 0 Å². The van der Waals surface area contributed by atoms with Gasteiger partial charge in [-0.3, -0.25) is 4.79 Å². The van der Waals surface area contributed by atoms with E-state index in [1.807, 2.05) is 36.7 Å². The van der Waals surface area contributed by atoms with E-state index in [1.54, 1.807) is 41.4 Å². The molecule has 0 N–H and O–H groups in total. The minimum Gasteiger partial charge on any atom is -0.329 e. The van der Waals surface area contributed by atoms with Gasteiger partial charge in [-0.1, -0.05) is 40.9 Å². The zero-order valence-electron chi connectivity index (χ0n) is 15.6. The van der Waals surface area contributed by atoms with E-state index in [2.05, 4.69) is 4.98 Å². The standard InChI is InChI=1S/C21H20Cl3N3O/c1-14(2)27(21(28)16-4-6-17(22)7-5-16)13-20-25-9-10-26(20)12-15-3-8-18(23)19(24)11-15/h3-11,14H,12-13H2,1-2H3. The number of imidazole rings is 1. The van der Waals surface area contributed by atoms with Crippen molar-refractivity contribution in [2.45, 2.75) is 33.0 Å². The number of carbonyl (C=O) groups excluding carboxylic acids is 1. The summed E-state index contributed by atoms with van der Waals surface area (Å²) in [7, 11) is 0. The molecule has 0 aliphatic rings. The molecule has 0 saturated heterocycles. The summed E-state index contributed by atoms with van der Waals surface area (Å²) >= 11 is 18.1. The summed E-state index contributed by atoms with van der Waals surface area (Å²) < 4.78 is 2.00. The summed E-state index contributed by atoms with van der Waals surface area (Å²) in [6, 6.07) is 12.5. The Bertz CT molecular complexity index is 967. The number of hydrogen-bond acceptors (Lipinski definition) is 2. The number of benzene rings is 2. The first-order valence-electron chi connectivity index (χ1n) is 8.85. The van der Waals surface area contributed by atoms with E-state index >= 15 is 0 Å². The van der Waals surface area contributed by atoms with Crippen LogP contribution in [0.2, 0.25) is 15.1 Å². The highest BCUT2D eigenvalue weighted by Crippen LogP contribution is 2.23. The lowest BCUT2D eigenvalue weighted by atomic mass is 10.1. The molecule has 146 valence electrons. The van der Waals surface area contributed by atoms with E-state index in [-0.39, 0.29) is 11.9 Å². The molecule has 1 heterocycles. The molecule has 0 bridgehead atoms. The first kappa shape index (κ1) is 20.7. The molecule has 0 aliphatic carbocycles. The van der Waals surface area contributed by atoms with Gasteiger partial charge in [0.15, 0.2) is 0 Å². The molecule has 0 fully saturated rings. The van der Waals surface area contributed by atoms with Crippen LogP contribution in [0.5, 0.6) is 0 Å². The van der Waals surface area contributed by atoms with Crippen molar-refractivity contribution in [2.24, 2.45) is 0 Å². The molecule has 3 rings (SSSR count). The van der Waals surface area contributed by atoms with Gasteiger partial charge in [0.1, 0.15) is 5.82 Å². The molecule has 7 heteroatoms. The molecule has 0 radical (unpaired) electrons. The first-order valence-corrected chi connectivity index (χ1v) is 9.99. The second kappa shape index (κ2) is 8.99. The van der Waals surface area contributed by atoms with E-state index in [0.29, 0.717) is 33.7 Å². The van der Waals surface area contributed by atoms with Gasteiger partial charge in [-0.15, -0.1) is 0 Å². The van der Waals surface area contributed by atoms with Gasteiger partial charge < -0.3 is 9.47 Å². The van der Waals surface area contributed by atoms with Crippen molar-refractivity contribution in [1.29, 1.82) is 0 Å². The maximum absolute atomic E-state index is 13.0. The molecule has 0 atom stereocenters. The molecule has 4 nitrogen and oxygen atoms in total. The Morgan fingerprint density at radius 2 is 1.79 bits per heavy atom. The van der Waals surface area contributed by atoms with Crippen LogP contribution in [0, 0.1) is 0 Å². The molecule has 1 amide bonds. The third-order valence-corrected chi connectivity index (χ3v) is 5.42. The Kier molecular flexibility index (Phi) is 6.65. The van der Waals surface area contributed by atoms with Crippen molar-refractivity contribution in [3.63, 3.8) is 0 Å². The third-order valence-electron chi connectivity index (χ3n) is 4.43. The van der Waals surface area contributed by atoms with Crippen molar-refractivity contribution in [3.8, 4) is 0 Å². The number of aromatic nitrogens is 2. The second-order valence-electron chi connectivity index (χ2n) is 6.75. The van der Waals surface area contributed by atoms with Gasteiger partial charge in [-0.25, -0.2) is 4.98 Å². The van der Waals surface area contributed by atoms with Gasteiger partial charge in [0.25, 0.3) is 5.91 Å². The lowest BCUT2D eigenvalue weighted by Gasteiger charge is -2.27. The lowest BCUT2D eigenvalue weighted by Crippen LogP contribution is -2.37. The lowest BCUT2D eigenvalue weighted by molar-refractivity contribution is 0.0683. The van der Waals surface area contributed by atoms with Crippen LogP contribution in [-0.2, 0) is 13.1 Å². The van der Waals surface area contributed by atoms with Gasteiger partial charge in [-0.2, -0.15) is 0 Å². The van der Waals surface area contributed by atoms with E-state index in [1.165, 1.54) is 0 Å². The number of halogens is 3. The fraction of sp³-hybridized carbons (Fsp3) is 0.238. The largest absolute Gasteiger partial charge is 0.329 e. The zero-order valence-corrected chi connectivity index (χ0v) is 17.8. The van der Waals surface area contributed by atoms with Crippen LogP contribution in [0.15, 0.2) is 54.9 Å². The smallest absolute Gasteiger partial charge is 0.254 e. The maximum atomic E-state index is 13.0. The van der Waals surface area contributed by atoms with Crippen LogP contribution in [0.3, 0.4) is 0 Å². The SMILES string of the molecule is CC(C)N(Cc1nccn1Cc1ccc(Cl)c(Cl)c1)C(=O)c1ccc(Cl)cc1. The molecule has 3 aromatic rings. The number of amides is 1. The molecule has 1 aromatic heterocycles. The number of hydrogen-bond donors (Lipinski definition) is 0. The summed E-state index contributed by atoms with van der Waals surface area (Å²) in [5.41, 5.74) is 1.61. The van der Waals surface area contributed by atoms with Crippen LogP contribution >= 0.6 is 34.8 Å². The van der Waals surface area contributed by atoms with Crippen molar-refractivity contribution in [1.82, 2.24) is 14.5 Å². The quantitative estimate of drug-likeness (QED) is 0.479. The molecule has 2 aromatic carbocycles. The summed E-state index contributed by atoms with van der Waals surface area (Å²) in [6.07, 6.45) is 3.63. The molecule has 0 aliphatic heterocycles. The first-order chi connectivity index (χ1) is 13.3. The third kappa shape index (κ3) is 4.88. The molecule has 28 heavy (non-hydrogen) atoms. The number of nitrogens with zero attached hydrogens (tertiary/aromatic N) is 3. The average molecular weight is 437 g/mol. The van der Waals surface area contributed by atoms with Crippen molar-refractivity contribution in [2.75, 3.05) is 0 Å². The van der Waals surface area contributed by atoms with E-state index < -0.39 is 0 Å². The molecular formula is C21H20Cl3N3O. The highest BCUT2D eigenvalue weighted by molar-refractivity contribution is 6.42. The highest BCUT2D eigenvalue weighted by atomic mass is 35.5. The Hall–Kier alpha value is -2.01. The van der Waals surface area contributed by atoms with Gasteiger partial charge in [0.05, 0.1) is 16.6 Å². The Balaban J connectivity index is 1.81. The summed E-state index contributed by atoms with van der Waals surface area (Å²) in [4.78, 5) is 19.2. The molecular weight excluding hydrogens is 417 g/mol. The van der Waals surface area contributed by atoms with Crippen molar-refractivity contribution >= 4 is 40.7 Å². The summed E-state index contributed by atoms with van der Waals surface area (Å²) in [5, 5.41) is 1.64. The van der Waals surface area contributed by atoms with E-state index in [0.717, 1.165) is 11.4 Å². The topological polar surface area (TPSA) is 38.1 Å². The predicted octanol–water partition coefficient (Wildman–Crippen LogP) is 5.94. The maximum Gasteiger partial charge on any atom is 0.254 e. The molecule has 0 saturated carbocycles. The minimum atomic E-state index is -0.0595. The normalized spacial score (nSPS) is 11.1. The van der Waals surface area contributed by atoms with Crippen molar-refractivity contribution < 1.29 is 4.79 Å². The zero-order chi connectivity index (χ0) is 20.3. The molecule has 0 spiro atoms. The summed E-state index contributed by atoms with van der Waals surface area (Å²) in [5.74, 6) is 0.734. The van der Waals surface area contributed by atoms with Crippen LogP contribution in [-0.4, -0.2) is 26.4 Å². The number of rotatable bonds is 6. The van der Waals surface area contributed by atoms with Gasteiger partial charge in [0, 0.05) is 35.6 Å². The average Bonchev–Trinajstić information content (AvgIpc) is 3.09. The second-order valence-corrected chi connectivity index (χ2v) is 8.00. The summed E-state index contributed by atoms with van der Waals surface area (Å²) in [6.45, 7) is 4.96. The van der Waals surface area contributed by atoms with E-state index in [4.69, 9.17) is 34.8 Å². The Morgan fingerprint density at radius 3 is 2.43 bits per heavy atom. The minimum absolute atomic E-state index is 0.0123. The monoisotopic (exact) mass is 435 g/mol. The Morgan fingerprint density at radius 1 is 1.07 bits per heavy atom. The number of carbonyl (C=O) groups is 1. The Labute approximate surface area is 179 Å². The molecule has 0 unspecified atom stereocenters. The van der Waals surface area contributed by atoms with E-state index in [9.17, 15) is 4.79 Å². The predicted molar refractivity (Wildman–Crippen MR) is 114 cm³/mol. The van der Waals surface area contributed by atoms with Crippen LogP contribution < -0.4 is 0 Å². The fourth-order valence-corrected chi connectivity index (χ4v) is 3.32. The van der Waals surface area contributed by atoms with Crippen molar-refractivity contribution in [3.05, 3.63) is 86.9 Å². The fourth-order valence-electron chi connectivity index (χ4n) is 2.87.